The number of para-hydroxylation sites is 2. The lowest BCUT2D eigenvalue weighted by molar-refractivity contribution is 0.100. The van der Waals surface area contributed by atoms with Crippen molar-refractivity contribution in [3.63, 3.8) is 0 Å². The molecule has 1 fully saturated rings. The first kappa shape index (κ1) is 20.6. The number of aliphatic hydroxyl groups excluding tert-OH is 1. The summed E-state index contributed by atoms with van der Waals surface area (Å²) in [6, 6.07) is 16.6. The molecular formula is C24H28FN3O2. The molecule has 1 N–H and O–H groups in total. The molecular weight excluding hydrogens is 381 g/mol. The smallest absolute Gasteiger partial charge is 0.227 e. The molecule has 1 atom stereocenters. The van der Waals surface area contributed by atoms with Crippen molar-refractivity contribution in [3.8, 4) is 17.3 Å². The van der Waals surface area contributed by atoms with E-state index in [0.29, 0.717) is 31.4 Å². The zero-order chi connectivity index (χ0) is 21.1. The van der Waals surface area contributed by atoms with Gasteiger partial charge in [-0.3, -0.25) is 4.90 Å². The van der Waals surface area contributed by atoms with E-state index >= 15 is 0 Å². The Morgan fingerprint density at radius 2 is 1.87 bits per heavy atom. The highest BCUT2D eigenvalue weighted by molar-refractivity contribution is 5.43. The maximum Gasteiger partial charge on any atom is 0.227 e. The number of nitrogens with zero attached hydrogens (tertiary/aromatic N) is 3. The Morgan fingerprint density at radius 1 is 1.17 bits per heavy atom. The van der Waals surface area contributed by atoms with Crippen molar-refractivity contribution in [3.05, 3.63) is 71.7 Å². The molecule has 1 aromatic heterocycles. The fraction of sp³-hybridized carbons (Fsp3) is 0.375. The molecule has 0 bridgehead atoms. The molecule has 0 amide bonds. The lowest BCUT2D eigenvalue weighted by atomic mass is 10.2. The molecule has 0 radical (unpaired) electrons. The molecule has 0 saturated heterocycles. The number of aliphatic hydroxyl groups is 1. The van der Waals surface area contributed by atoms with Gasteiger partial charge in [-0.15, -0.1) is 0 Å². The minimum Gasteiger partial charge on any atom is -0.435 e. The van der Waals surface area contributed by atoms with Gasteiger partial charge in [0.2, 0.25) is 5.88 Å². The van der Waals surface area contributed by atoms with Crippen LogP contribution in [0.5, 0.6) is 11.6 Å². The van der Waals surface area contributed by atoms with Gasteiger partial charge in [-0.05, 0) is 50.5 Å². The third-order valence-corrected chi connectivity index (χ3v) is 5.52. The summed E-state index contributed by atoms with van der Waals surface area (Å²) in [6.07, 6.45) is 2.60. The Bertz CT molecular complexity index is 985. The second-order valence-corrected chi connectivity index (χ2v) is 7.87. The maximum atomic E-state index is 14.4. The fourth-order valence-electron chi connectivity index (χ4n) is 3.59. The topological polar surface area (TPSA) is 50.5 Å². The largest absolute Gasteiger partial charge is 0.435 e. The van der Waals surface area contributed by atoms with Crippen LogP contribution in [0.25, 0.3) is 5.69 Å². The molecule has 3 aromatic rings. The van der Waals surface area contributed by atoms with E-state index in [1.165, 1.54) is 6.07 Å². The van der Waals surface area contributed by atoms with Crippen LogP contribution in [0.2, 0.25) is 0 Å². The van der Waals surface area contributed by atoms with Gasteiger partial charge >= 0.3 is 0 Å². The SMILES string of the molecule is CCC(O)CN(Cc1c(C)nn(-c2ccccc2)c1Oc1ccccc1F)C1CC1. The van der Waals surface area contributed by atoms with E-state index in [9.17, 15) is 9.50 Å². The molecule has 6 heteroatoms. The molecule has 5 nitrogen and oxygen atoms in total. The number of aromatic nitrogens is 2. The van der Waals surface area contributed by atoms with Crippen molar-refractivity contribution >= 4 is 0 Å². The minimum atomic E-state index is -0.414. The summed E-state index contributed by atoms with van der Waals surface area (Å²) in [5.74, 6) is 0.269. The van der Waals surface area contributed by atoms with E-state index in [-0.39, 0.29) is 11.9 Å². The van der Waals surface area contributed by atoms with Crippen molar-refractivity contribution < 1.29 is 14.2 Å². The summed E-state index contributed by atoms with van der Waals surface area (Å²) in [7, 11) is 0. The van der Waals surface area contributed by atoms with Crippen molar-refractivity contribution in [2.45, 2.75) is 51.8 Å². The molecule has 4 rings (SSSR count). The second-order valence-electron chi connectivity index (χ2n) is 7.87. The van der Waals surface area contributed by atoms with Gasteiger partial charge in [0.15, 0.2) is 11.6 Å². The third-order valence-electron chi connectivity index (χ3n) is 5.52. The Labute approximate surface area is 176 Å². The van der Waals surface area contributed by atoms with Gasteiger partial charge in [0.05, 0.1) is 23.0 Å². The van der Waals surface area contributed by atoms with E-state index < -0.39 is 5.82 Å². The van der Waals surface area contributed by atoms with Crippen molar-refractivity contribution in [2.75, 3.05) is 6.54 Å². The molecule has 1 unspecified atom stereocenters. The second kappa shape index (κ2) is 8.98. The van der Waals surface area contributed by atoms with Gasteiger partial charge in [-0.25, -0.2) is 9.07 Å². The van der Waals surface area contributed by atoms with Gasteiger partial charge in [0, 0.05) is 19.1 Å². The molecule has 1 heterocycles. The van der Waals surface area contributed by atoms with Gasteiger partial charge in [-0.1, -0.05) is 37.3 Å². The lowest BCUT2D eigenvalue weighted by Crippen LogP contribution is -2.33. The van der Waals surface area contributed by atoms with Gasteiger partial charge in [0.25, 0.3) is 0 Å². The first-order valence-electron chi connectivity index (χ1n) is 10.5. The third kappa shape index (κ3) is 4.55. The molecule has 2 aromatic carbocycles. The number of aryl methyl sites for hydroxylation is 1. The van der Waals surface area contributed by atoms with Crippen LogP contribution in [0.1, 0.15) is 37.4 Å². The number of rotatable bonds is 9. The Balaban J connectivity index is 1.73. The predicted molar refractivity (Wildman–Crippen MR) is 115 cm³/mol. The van der Waals surface area contributed by atoms with Crippen LogP contribution in [0.4, 0.5) is 4.39 Å². The van der Waals surface area contributed by atoms with Crippen LogP contribution < -0.4 is 4.74 Å². The quantitative estimate of drug-likeness (QED) is 0.549. The van der Waals surface area contributed by atoms with Crippen molar-refractivity contribution in [1.29, 1.82) is 0 Å². The molecule has 1 aliphatic rings. The average molecular weight is 410 g/mol. The summed E-state index contributed by atoms with van der Waals surface area (Å²) >= 11 is 0. The monoisotopic (exact) mass is 409 g/mol. The molecule has 0 spiro atoms. The van der Waals surface area contributed by atoms with Crippen LogP contribution in [-0.4, -0.2) is 38.5 Å². The fourth-order valence-corrected chi connectivity index (χ4v) is 3.59. The summed E-state index contributed by atoms with van der Waals surface area (Å²) in [5.41, 5.74) is 2.60. The first-order valence-corrected chi connectivity index (χ1v) is 10.5. The molecule has 1 saturated carbocycles. The minimum absolute atomic E-state index is 0.169. The number of hydrogen-bond donors (Lipinski definition) is 1. The molecule has 158 valence electrons. The van der Waals surface area contributed by atoms with E-state index in [4.69, 9.17) is 9.84 Å². The van der Waals surface area contributed by atoms with Crippen molar-refractivity contribution in [1.82, 2.24) is 14.7 Å². The summed E-state index contributed by atoms with van der Waals surface area (Å²) < 4.78 is 22.2. The Morgan fingerprint density at radius 3 is 2.53 bits per heavy atom. The van der Waals surface area contributed by atoms with Crippen LogP contribution in [0.15, 0.2) is 54.6 Å². The summed E-state index contributed by atoms with van der Waals surface area (Å²) in [4.78, 5) is 2.29. The van der Waals surface area contributed by atoms with Crippen LogP contribution in [0, 0.1) is 12.7 Å². The van der Waals surface area contributed by atoms with Crippen LogP contribution in [-0.2, 0) is 6.54 Å². The van der Waals surface area contributed by atoms with E-state index in [0.717, 1.165) is 29.8 Å². The van der Waals surface area contributed by atoms with Crippen molar-refractivity contribution in [2.24, 2.45) is 0 Å². The highest BCUT2D eigenvalue weighted by Gasteiger charge is 2.32. The Hall–Kier alpha value is -2.70. The predicted octanol–water partition coefficient (Wildman–Crippen LogP) is 4.85. The summed E-state index contributed by atoms with van der Waals surface area (Å²) in [6.45, 7) is 5.14. The highest BCUT2D eigenvalue weighted by atomic mass is 19.1. The number of halogens is 1. The molecule has 1 aliphatic carbocycles. The van der Waals surface area contributed by atoms with Crippen LogP contribution in [0.3, 0.4) is 0 Å². The van der Waals surface area contributed by atoms with E-state index in [1.54, 1.807) is 22.9 Å². The zero-order valence-corrected chi connectivity index (χ0v) is 17.5. The zero-order valence-electron chi connectivity index (χ0n) is 17.5. The van der Waals surface area contributed by atoms with Crippen LogP contribution >= 0.6 is 0 Å². The highest BCUT2D eigenvalue weighted by Crippen LogP contribution is 2.35. The first-order chi connectivity index (χ1) is 14.6. The Kier molecular flexibility index (Phi) is 6.16. The van der Waals surface area contributed by atoms with Gasteiger partial charge in [-0.2, -0.15) is 5.10 Å². The summed E-state index contributed by atoms with van der Waals surface area (Å²) in [5, 5.41) is 15.0. The van der Waals surface area contributed by atoms with Gasteiger partial charge < -0.3 is 9.84 Å². The van der Waals surface area contributed by atoms with Gasteiger partial charge in [0.1, 0.15) is 0 Å². The number of hydrogen-bond acceptors (Lipinski definition) is 4. The average Bonchev–Trinajstić information content (AvgIpc) is 3.56. The maximum absolute atomic E-state index is 14.4. The van der Waals surface area contributed by atoms with E-state index in [2.05, 4.69) is 4.90 Å². The number of benzene rings is 2. The lowest BCUT2D eigenvalue weighted by Gasteiger charge is -2.25. The standard InChI is InChI=1S/C24H28FN3O2/c1-3-20(29)15-27(18-13-14-18)16-21-17(2)26-28(19-9-5-4-6-10-19)24(21)30-23-12-8-7-11-22(23)25/h4-12,18,20,29H,3,13-16H2,1-2H3. The number of ether oxygens (including phenoxy) is 1. The van der Waals surface area contributed by atoms with E-state index in [1.807, 2.05) is 44.2 Å². The molecule has 30 heavy (non-hydrogen) atoms. The molecule has 0 aliphatic heterocycles. The normalized spacial score (nSPS) is 14.8.